The van der Waals surface area contributed by atoms with Gasteiger partial charge in [0.15, 0.2) is 0 Å². The number of carbonyl (C=O) groups excluding carboxylic acids is 1. The molecule has 0 aromatic heterocycles. The van der Waals surface area contributed by atoms with Crippen molar-refractivity contribution in [1.29, 1.82) is 0 Å². The Bertz CT molecular complexity index is 409. The fourth-order valence-electron chi connectivity index (χ4n) is 1.85. The number of nitrogens with two attached hydrogens (primary N) is 1. The van der Waals surface area contributed by atoms with Crippen LogP contribution in [0.25, 0.3) is 0 Å². The van der Waals surface area contributed by atoms with Crippen LogP contribution in [0.15, 0.2) is 24.3 Å². The van der Waals surface area contributed by atoms with Gasteiger partial charge in [-0.25, -0.2) is 4.39 Å². The Morgan fingerprint density at radius 2 is 2.11 bits per heavy atom. The first-order valence-corrected chi connectivity index (χ1v) is 6.85. The van der Waals surface area contributed by atoms with E-state index in [1.165, 1.54) is 11.0 Å². The maximum atomic E-state index is 13.8. The Morgan fingerprint density at radius 3 is 2.68 bits per heavy atom. The summed E-state index contributed by atoms with van der Waals surface area (Å²) in [7, 11) is 0. The highest BCUT2D eigenvalue weighted by atomic mass is 19.1. The molecule has 1 rings (SSSR count). The van der Waals surface area contributed by atoms with Crippen LogP contribution < -0.4 is 10.6 Å². The number of rotatable bonds is 7. The normalized spacial score (nSPS) is 12.2. The molecule has 3 nitrogen and oxygen atoms in total. The standard InChI is InChI=1S/C15H23FN2O/c1-3-12(2)11-15(19)18(10-6-9-17)14-8-5-4-7-13(14)16/h4-5,7-8,12H,3,6,9-11,17H2,1-2H3. The van der Waals surface area contributed by atoms with Gasteiger partial charge in [-0.05, 0) is 31.0 Å². The van der Waals surface area contributed by atoms with E-state index in [4.69, 9.17) is 5.73 Å². The highest BCUT2D eigenvalue weighted by Gasteiger charge is 2.19. The van der Waals surface area contributed by atoms with E-state index in [0.717, 1.165) is 6.42 Å². The minimum atomic E-state index is -0.364. The Kier molecular flexibility index (Phi) is 6.50. The van der Waals surface area contributed by atoms with Gasteiger partial charge in [-0.3, -0.25) is 4.79 Å². The van der Waals surface area contributed by atoms with Gasteiger partial charge in [-0.2, -0.15) is 0 Å². The molecule has 1 aromatic carbocycles. The van der Waals surface area contributed by atoms with Crippen LogP contribution in [0, 0.1) is 11.7 Å². The Balaban J connectivity index is 2.88. The van der Waals surface area contributed by atoms with Crippen LogP contribution in [0.4, 0.5) is 10.1 Å². The van der Waals surface area contributed by atoms with Gasteiger partial charge in [0.05, 0.1) is 5.69 Å². The average Bonchev–Trinajstić information content (AvgIpc) is 2.40. The lowest BCUT2D eigenvalue weighted by Gasteiger charge is -2.24. The van der Waals surface area contributed by atoms with Gasteiger partial charge in [0.25, 0.3) is 0 Å². The number of amides is 1. The van der Waals surface area contributed by atoms with E-state index in [-0.39, 0.29) is 11.7 Å². The molecule has 2 N–H and O–H groups in total. The summed E-state index contributed by atoms with van der Waals surface area (Å²) in [6, 6.07) is 6.38. The van der Waals surface area contributed by atoms with E-state index < -0.39 is 0 Å². The number of hydrogen-bond acceptors (Lipinski definition) is 2. The molecule has 0 saturated carbocycles. The van der Waals surface area contributed by atoms with Crippen molar-refractivity contribution in [1.82, 2.24) is 0 Å². The van der Waals surface area contributed by atoms with Crippen molar-refractivity contribution in [3.8, 4) is 0 Å². The first-order chi connectivity index (χ1) is 9.10. The van der Waals surface area contributed by atoms with Crippen molar-refractivity contribution >= 4 is 11.6 Å². The second kappa shape index (κ2) is 7.89. The predicted molar refractivity (Wildman–Crippen MR) is 76.5 cm³/mol. The molecular formula is C15H23FN2O. The number of anilines is 1. The summed E-state index contributed by atoms with van der Waals surface area (Å²) < 4.78 is 13.8. The monoisotopic (exact) mass is 266 g/mol. The van der Waals surface area contributed by atoms with Gasteiger partial charge >= 0.3 is 0 Å². The Morgan fingerprint density at radius 1 is 1.42 bits per heavy atom. The molecule has 19 heavy (non-hydrogen) atoms. The first-order valence-electron chi connectivity index (χ1n) is 6.85. The zero-order chi connectivity index (χ0) is 14.3. The maximum absolute atomic E-state index is 13.8. The fourth-order valence-corrected chi connectivity index (χ4v) is 1.85. The van der Waals surface area contributed by atoms with Crippen LogP contribution >= 0.6 is 0 Å². The molecular weight excluding hydrogens is 243 g/mol. The summed E-state index contributed by atoms with van der Waals surface area (Å²) in [5.74, 6) is -0.0930. The van der Waals surface area contributed by atoms with Crippen molar-refractivity contribution in [2.75, 3.05) is 18.0 Å². The molecule has 0 fully saturated rings. The van der Waals surface area contributed by atoms with Crippen LogP contribution in [0.1, 0.15) is 33.1 Å². The molecule has 1 unspecified atom stereocenters. The topological polar surface area (TPSA) is 46.3 Å². The minimum Gasteiger partial charge on any atom is -0.330 e. The third kappa shape index (κ3) is 4.63. The van der Waals surface area contributed by atoms with Crippen molar-refractivity contribution in [3.63, 3.8) is 0 Å². The molecule has 4 heteroatoms. The zero-order valence-corrected chi connectivity index (χ0v) is 11.7. The van der Waals surface area contributed by atoms with Gasteiger partial charge in [-0.1, -0.05) is 32.4 Å². The number of halogens is 1. The second-order valence-corrected chi connectivity index (χ2v) is 4.86. The fraction of sp³-hybridized carbons (Fsp3) is 0.533. The van der Waals surface area contributed by atoms with Crippen molar-refractivity contribution in [2.24, 2.45) is 11.7 Å². The summed E-state index contributed by atoms with van der Waals surface area (Å²) in [5.41, 5.74) is 5.84. The summed E-state index contributed by atoms with van der Waals surface area (Å²) in [6.45, 7) is 5.03. The lowest BCUT2D eigenvalue weighted by Crippen LogP contribution is -2.34. The quantitative estimate of drug-likeness (QED) is 0.824. The SMILES string of the molecule is CCC(C)CC(=O)N(CCCN)c1ccccc1F. The van der Waals surface area contributed by atoms with Crippen molar-refractivity contribution in [2.45, 2.75) is 33.1 Å². The summed E-state index contributed by atoms with van der Waals surface area (Å²) in [5, 5.41) is 0. The molecule has 0 heterocycles. The van der Waals surface area contributed by atoms with Gasteiger partial charge in [0, 0.05) is 13.0 Å². The van der Waals surface area contributed by atoms with E-state index in [9.17, 15) is 9.18 Å². The molecule has 1 amide bonds. The zero-order valence-electron chi connectivity index (χ0n) is 11.7. The summed E-state index contributed by atoms with van der Waals surface area (Å²) in [6.07, 6.45) is 2.05. The lowest BCUT2D eigenvalue weighted by atomic mass is 10.0. The largest absolute Gasteiger partial charge is 0.330 e. The molecule has 1 aromatic rings. The molecule has 0 aliphatic rings. The average molecular weight is 266 g/mol. The number of hydrogen-bond donors (Lipinski definition) is 1. The molecule has 0 saturated heterocycles. The Hall–Kier alpha value is -1.42. The number of nitrogens with zero attached hydrogens (tertiary/aromatic N) is 1. The van der Waals surface area contributed by atoms with E-state index in [1.54, 1.807) is 18.2 Å². The van der Waals surface area contributed by atoms with Gasteiger partial charge in [0.2, 0.25) is 5.91 Å². The van der Waals surface area contributed by atoms with E-state index in [1.807, 2.05) is 13.8 Å². The predicted octanol–water partition coefficient (Wildman–Crippen LogP) is 2.94. The van der Waals surface area contributed by atoms with Crippen LogP contribution in [-0.4, -0.2) is 19.0 Å². The molecule has 0 aliphatic carbocycles. The third-order valence-corrected chi connectivity index (χ3v) is 3.25. The second-order valence-electron chi connectivity index (χ2n) is 4.86. The van der Waals surface area contributed by atoms with Crippen molar-refractivity contribution < 1.29 is 9.18 Å². The van der Waals surface area contributed by atoms with Crippen molar-refractivity contribution in [3.05, 3.63) is 30.1 Å². The van der Waals surface area contributed by atoms with Gasteiger partial charge in [0.1, 0.15) is 5.82 Å². The van der Waals surface area contributed by atoms with Crippen LogP contribution in [0.3, 0.4) is 0 Å². The highest BCUT2D eigenvalue weighted by Crippen LogP contribution is 2.21. The summed E-state index contributed by atoms with van der Waals surface area (Å²) in [4.78, 5) is 13.8. The number of para-hydroxylation sites is 1. The number of benzene rings is 1. The molecule has 0 spiro atoms. The highest BCUT2D eigenvalue weighted by molar-refractivity contribution is 5.93. The molecule has 1 atom stereocenters. The van der Waals surface area contributed by atoms with Gasteiger partial charge < -0.3 is 10.6 Å². The lowest BCUT2D eigenvalue weighted by molar-refractivity contribution is -0.119. The Labute approximate surface area is 114 Å². The number of carbonyl (C=O) groups is 1. The third-order valence-electron chi connectivity index (χ3n) is 3.25. The van der Waals surface area contributed by atoms with E-state index >= 15 is 0 Å². The maximum Gasteiger partial charge on any atom is 0.227 e. The molecule has 106 valence electrons. The molecule has 0 aliphatic heterocycles. The van der Waals surface area contributed by atoms with Crippen LogP contribution in [0.5, 0.6) is 0 Å². The van der Waals surface area contributed by atoms with Gasteiger partial charge in [-0.15, -0.1) is 0 Å². The van der Waals surface area contributed by atoms with Crippen LogP contribution in [0.2, 0.25) is 0 Å². The first kappa shape index (κ1) is 15.6. The van der Waals surface area contributed by atoms with E-state index in [2.05, 4.69) is 0 Å². The molecule has 0 bridgehead atoms. The van der Waals surface area contributed by atoms with E-state index in [0.29, 0.717) is 37.5 Å². The molecule has 0 radical (unpaired) electrons. The van der Waals surface area contributed by atoms with Crippen LogP contribution in [-0.2, 0) is 4.79 Å². The minimum absolute atomic E-state index is 0.0344. The summed E-state index contributed by atoms with van der Waals surface area (Å²) >= 11 is 0. The smallest absolute Gasteiger partial charge is 0.227 e.